The topological polar surface area (TPSA) is 25.8 Å². The highest BCUT2D eigenvalue weighted by molar-refractivity contribution is 7.11. The number of aromatic nitrogens is 2. The van der Waals surface area contributed by atoms with Gasteiger partial charge in [0.25, 0.3) is 0 Å². The number of benzene rings is 1. The Kier molecular flexibility index (Phi) is 2.36. The molecular weight excluding hydrogens is 180 g/mol. The van der Waals surface area contributed by atoms with Crippen molar-refractivity contribution in [1.82, 2.24) is 10.2 Å². The summed E-state index contributed by atoms with van der Waals surface area (Å²) in [5.74, 6) is 0. The summed E-state index contributed by atoms with van der Waals surface area (Å²) in [6.07, 6.45) is 0.895. The molecule has 0 unspecified atom stereocenters. The lowest BCUT2D eigenvalue weighted by molar-refractivity contribution is 0.982. The molecule has 0 saturated heterocycles. The Balaban J connectivity index is 2.15. The molecule has 0 aliphatic carbocycles. The highest BCUT2D eigenvalue weighted by Crippen LogP contribution is 2.13. The van der Waals surface area contributed by atoms with Crippen molar-refractivity contribution in [1.29, 1.82) is 0 Å². The van der Waals surface area contributed by atoms with E-state index >= 15 is 0 Å². The van der Waals surface area contributed by atoms with Gasteiger partial charge in [0.1, 0.15) is 10.0 Å². The van der Waals surface area contributed by atoms with Crippen molar-refractivity contribution in [2.75, 3.05) is 0 Å². The van der Waals surface area contributed by atoms with E-state index in [4.69, 9.17) is 0 Å². The summed E-state index contributed by atoms with van der Waals surface area (Å²) in [4.78, 5) is 0. The van der Waals surface area contributed by atoms with Gasteiger partial charge >= 0.3 is 0 Å². The summed E-state index contributed by atoms with van der Waals surface area (Å²) in [6.45, 7) is 1.98. The molecule has 0 radical (unpaired) electrons. The number of hydrogen-bond acceptors (Lipinski definition) is 3. The van der Waals surface area contributed by atoms with E-state index in [0.29, 0.717) is 0 Å². The summed E-state index contributed by atoms with van der Waals surface area (Å²) in [5, 5.41) is 10.2. The quantitative estimate of drug-likeness (QED) is 0.727. The smallest absolute Gasteiger partial charge is 0.121 e. The van der Waals surface area contributed by atoms with Gasteiger partial charge in [0.15, 0.2) is 0 Å². The molecule has 0 aliphatic rings. The molecule has 0 atom stereocenters. The standard InChI is InChI=1S/C10H10N2S/c1-8-11-12-10(13-8)7-9-5-3-2-4-6-9/h2-6H,7H2,1H3. The zero-order chi connectivity index (χ0) is 9.10. The average molecular weight is 190 g/mol. The Morgan fingerprint density at radius 2 is 1.92 bits per heavy atom. The van der Waals surface area contributed by atoms with Gasteiger partial charge in [-0.25, -0.2) is 0 Å². The van der Waals surface area contributed by atoms with Crippen molar-refractivity contribution < 1.29 is 0 Å². The van der Waals surface area contributed by atoms with Gasteiger partial charge in [-0.2, -0.15) is 0 Å². The Bertz CT molecular complexity index is 381. The Morgan fingerprint density at radius 1 is 1.15 bits per heavy atom. The third kappa shape index (κ3) is 2.12. The minimum absolute atomic E-state index is 0.895. The van der Waals surface area contributed by atoms with Crippen molar-refractivity contribution in [3.63, 3.8) is 0 Å². The summed E-state index contributed by atoms with van der Waals surface area (Å²) < 4.78 is 0. The molecule has 0 N–H and O–H groups in total. The molecular formula is C10H10N2S. The zero-order valence-corrected chi connectivity index (χ0v) is 8.21. The Morgan fingerprint density at radius 3 is 2.54 bits per heavy atom. The van der Waals surface area contributed by atoms with Crippen LogP contribution in [0.4, 0.5) is 0 Å². The summed E-state index contributed by atoms with van der Waals surface area (Å²) in [7, 11) is 0. The van der Waals surface area contributed by atoms with Gasteiger partial charge in [-0.15, -0.1) is 21.5 Å². The van der Waals surface area contributed by atoms with E-state index in [0.717, 1.165) is 16.4 Å². The molecule has 1 aromatic heterocycles. The number of aryl methyl sites for hydroxylation is 1. The van der Waals surface area contributed by atoms with Crippen molar-refractivity contribution in [2.45, 2.75) is 13.3 Å². The van der Waals surface area contributed by atoms with Gasteiger partial charge in [-0.05, 0) is 12.5 Å². The first kappa shape index (κ1) is 8.38. The lowest BCUT2D eigenvalue weighted by Gasteiger charge is -1.94. The SMILES string of the molecule is Cc1nnc(Cc2ccccc2)s1. The van der Waals surface area contributed by atoms with E-state index < -0.39 is 0 Å². The second kappa shape index (κ2) is 3.66. The summed E-state index contributed by atoms with van der Waals surface area (Å²) >= 11 is 1.66. The van der Waals surface area contributed by atoms with Crippen LogP contribution in [0.3, 0.4) is 0 Å². The van der Waals surface area contributed by atoms with E-state index in [1.165, 1.54) is 5.56 Å². The average Bonchev–Trinajstić information content (AvgIpc) is 2.53. The molecule has 66 valence electrons. The zero-order valence-electron chi connectivity index (χ0n) is 7.40. The molecule has 0 spiro atoms. The maximum atomic E-state index is 4.08. The molecule has 1 aromatic carbocycles. The molecule has 0 bridgehead atoms. The van der Waals surface area contributed by atoms with E-state index in [2.05, 4.69) is 22.3 Å². The van der Waals surface area contributed by atoms with Crippen LogP contribution in [0.5, 0.6) is 0 Å². The Hall–Kier alpha value is -1.22. The van der Waals surface area contributed by atoms with Crippen LogP contribution in [-0.4, -0.2) is 10.2 Å². The minimum atomic E-state index is 0.895. The molecule has 1 heterocycles. The molecule has 3 heteroatoms. The van der Waals surface area contributed by atoms with Gasteiger partial charge in [0.05, 0.1) is 0 Å². The molecule has 0 amide bonds. The fourth-order valence-electron chi connectivity index (χ4n) is 1.18. The number of nitrogens with zero attached hydrogens (tertiary/aromatic N) is 2. The minimum Gasteiger partial charge on any atom is -0.144 e. The van der Waals surface area contributed by atoms with Crippen molar-refractivity contribution in [3.8, 4) is 0 Å². The lowest BCUT2D eigenvalue weighted by Crippen LogP contribution is -1.85. The third-order valence-electron chi connectivity index (χ3n) is 1.77. The highest BCUT2D eigenvalue weighted by Gasteiger charge is 2.00. The van der Waals surface area contributed by atoms with Crippen LogP contribution >= 0.6 is 11.3 Å². The fraction of sp³-hybridized carbons (Fsp3) is 0.200. The van der Waals surface area contributed by atoms with Gasteiger partial charge in [-0.3, -0.25) is 0 Å². The van der Waals surface area contributed by atoms with Crippen molar-refractivity contribution >= 4 is 11.3 Å². The van der Waals surface area contributed by atoms with Crippen molar-refractivity contribution in [3.05, 3.63) is 45.9 Å². The van der Waals surface area contributed by atoms with Crippen LogP contribution in [0.15, 0.2) is 30.3 Å². The predicted molar refractivity (Wildman–Crippen MR) is 53.9 cm³/mol. The van der Waals surface area contributed by atoms with Crippen LogP contribution in [0.1, 0.15) is 15.6 Å². The predicted octanol–water partition coefficient (Wildman–Crippen LogP) is 2.44. The van der Waals surface area contributed by atoms with E-state index in [9.17, 15) is 0 Å². The normalized spacial score (nSPS) is 10.2. The Labute approximate surface area is 81.3 Å². The second-order valence-electron chi connectivity index (χ2n) is 2.88. The van der Waals surface area contributed by atoms with Crippen LogP contribution in [0, 0.1) is 6.92 Å². The first-order chi connectivity index (χ1) is 6.34. The van der Waals surface area contributed by atoms with Crippen molar-refractivity contribution in [2.24, 2.45) is 0 Å². The summed E-state index contributed by atoms with van der Waals surface area (Å²) in [6, 6.07) is 10.3. The van der Waals surface area contributed by atoms with Crippen LogP contribution < -0.4 is 0 Å². The van der Waals surface area contributed by atoms with Gasteiger partial charge in [-0.1, -0.05) is 30.3 Å². The molecule has 0 saturated carbocycles. The molecule has 0 aliphatic heterocycles. The van der Waals surface area contributed by atoms with Gasteiger partial charge in [0.2, 0.25) is 0 Å². The monoisotopic (exact) mass is 190 g/mol. The van der Waals surface area contributed by atoms with Crippen LogP contribution in [0.25, 0.3) is 0 Å². The first-order valence-corrected chi connectivity index (χ1v) is 4.99. The number of rotatable bonds is 2. The third-order valence-corrected chi connectivity index (χ3v) is 2.60. The van der Waals surface area contributed by atoms with E-state index in [1.807, 2.05) is 25.1 Å². The maximum Gasteiger partial charge on any atom is 0.121 e. The highest BCUT2D eigenvalue weighted by atomic mass is 32.1. The first-order valence-electron chi connectivity index (χ1n) is 4.17. The lowest BCUT2D eigenvalue weighted by atomic mass is 10.2. The molecule has 13 heavy (non-hydrogen) atoms. The van der Waals surface area contributed by atoms with Gasteiger partial charge in [0, 0.05) is 6.42 Å². The number of hydrogen-bond donors (Lipinski definition) is 0. The second-order valence-corrected chi connectivity index (χ2v) is 4.14. The maximum absolute atomic E-state index is 4.08. The summed E-state index contributed by atoms with van der Waals surface area (Å²) in [5.41, 5.74) is 1.29. The van der Waals surface area contributed by atoms with Crippen LogP contribution in [0.2, 0.25) is 0 Å². The van der Waals surface area contributed by atoms with E-state index in [-0.39, 0.29) is 0 Å². The molecule has 2 rings (SSSR count). The van der Waals surface area contributed by atoms with E-state index in [1.54, 1.807) is 11.3 Å². The van der Waals surface area contributed by atoms with Crippen LogP contribution in [-0.2, 0) is 6.42 Å². The molecule has 2 nitrogen and oxygen atoms in total. The fourth-order valence-corrected chi connectivity index (χ4v) is 1.92. The molecule has 0 fully saturated rings. The molecule has 2 aromatic rings. The van der Waals surface area contributed by atoms with Gasteiger partial charge < -0.3 is 0 Å². The largest absolute Gasteiger partial charge is 0.144 e.